The number of hydrogen-bond donors (Lipinski definition) is 2. The second-order valence-electron chi connectivity index (χ2n) is 4.81. The van der Waals surface area contributed by atoms with Crippen LogP contribution < -0.4 is 5.32 Å². The van der Waals surface area contributed by atoms with Crippen molar-refractivity contribution in [3.05, 3.63) is 12.7 Å². The summed E-state index contributed by atoms with van der Waals surface area (Å²) in [6.45, 7) is 4.24. The lowest BCUT2D eigenvalue weighted by Crippen LogP contribution is -2.50. The summed E-state index contributed by atoms with van der Waals surface area (Å²) in [5.74, 6) is 0.618. The van der Waals surface area contributed by atoms with Crippen LogP contribution in [0, 0.1) is 5.92 Å². The van der Waals surface area contributed by atoms with E-state index in [4.69, 9.17) is 5.11 Å². The highest BCUT2D eigenvalue weighted by Gasteiger charge is 2.44. The van der Waals surface area contributed by atoms with Crippen LogP contribution in [0.5, 0.6) is 0 Å². The van der Waals surface area contributed by atoms with Crippen molar-refractivity contribution in [1.29, 1.82) is 0 Å². The first kappa shape index (κ1) is 10.2. The van der Waals surface area contributed by atoms with Gasteiger partial charge in [-0.3, -0.25) is 0 Å². The molecule has 0 amide bonds. The molecule has 2 N–H and O–H groups in total. The monoisotopic (exact) mass is 195 g/mol. The summed E-state index contributed by atoms with van der Waals surface area (Å²) in [6.07, 6.45) is 9.66. The van der Waals surface area contributed by atoms with Crippen LogP contribution in [0.2, 0.25) is 0 Å². The summed E-state index contributed by atoms with van der Waals surface area (Å²) in [6, 6.07) is 0.329. The predicted octanol–water partition coefficient (Wildman–Crippen LogP) is 1.85. The SMILES string of the molecule is C=CC1CCCCC12CCC(CO)N2. The fourth-order valence-electron chi connectivity index (χ4n) is 3.22. The lowest BCUT2D eigenvalue weighted by atomic mass is 9.72. The Morgan fingerprint density at radius 3 is 2.86 bits per heavy atom. The topological polar surface area (TPSA) is 32.3 Å². The van der Waals surface area contributed by atoms with Crippen molar-refractivity contribution in [3.63, 3.8) is 0 Å². The standard InChI is InChI=1S/C12H21NO/c1-2-10-5-3-4-7-12(10)8-6-11(9-14)13-12/h2,10-11,13-14H,1,3-9H2. The van der Waals surface area contributed by atoms with Gasteiger partial charge < -0.3 is 10.4 Å². The highest BCUT2D eigenvalue weighted by molar-refractivity contribution is 5.08. The Bertz CT molecular complexity index is 216. The highest BCUT2D eigenvalue weighted by atomic mass is 16.3. The quantitative estimate of drug-likeness (QED) is 0.659. The molecule has 80 valence electrons. The van der Waals surface area contributed by atoms with Gasteiger partial charge in [0.1, 0.15) is 0 Å². The molecular formula is C12H21NO. The summed E-state index contributed by atoms with van der Waals surface area (Å²) in [5.41, 5.74) is 0.285. The highest BCUT2D eigenvalue weighted by Crippen LogP contribution is 2.41. The number of aliphatic hydroxyl groups excluding tert-OH is 1. The molecule has 2 nitrogen and oxygen atoms in total. The summed E-state index contributed by atoms with van der Waals surface area (Å²) in [4.78, 5) is 0. The van der Waals surface area contributed by atoms with Gasteiger partial charge in [0.15, 0.2) is 0 Å². The molecule has 0 aromatic rings. The van der Waals surface area contributed by atoms with Crippen molar-refractivity contribution in [1.82, 2.24) is 5.32 Å². The molecule has 0 aromatic heterocycles. The predicted molar refractivity (Wildman–Crippen MR) is 58.1 cm³/mol. The van der Waals surface area contributed by atoms with Crippen LogP contribution in [0.15, 0.2) is 12.7 Å². The molecule has 1 saturated heterocycles. The van der Waals surface area contributed by atoms with Crippen molar-refractivity contribution < 1.29 is 5.11 Å². The molecule has 3 unspecified atom stereocenters. The first-order chi connectivity index (χ1) is 6.80. The number of nitrogens with one attached hydrogen (secondary N) is 1. The average molecular weight is 195 g/mol. The minimum atomic E-state index is 0.283. The first-order valence-corrected chi connectivity index (χ1v) is 5.82. The van der Waals surface area contributed by atoms with Crippen molar-refractivity contribution in [2.24, 2.45) is 5.92 Å². The molecule has 2 fully saturated rings. The Kier molecular flexibility index (Phi) is 2.93. The fraction of sp³-hybridized carbons (Fsp3) is 0.833. The molecule has 1 spiro atoms. The van der Waals surface area contributed by atoms with E-state index in [2.05, 4.69) is 18.0 Å². The van der Waals surface area contributed by atoms with E-state index in [1.807, 2.05) is 0 Å². The maximum Gasteiger partial charge on any atom is 0.0584 e. The van der Waals surface area contributed by atoms with Crippen molar-refractivity contribution >= 4 is 0 Å². The molecular weight excluding hydrogens is 174 g/mol. The Morgan fingerprint density at radius 1 is 1.36 bits per heavy atom. The number of hydrogen-bond acceptors (Lipinski definition) is 2. The molecule has 1 heterocycles. The zero-order valence-corrected chi connectivity index (χ0v) is 8.84. The van der Waals surface area contributed by atoms with Gasteiger partial charge in [-0.05, 0) is 31.6 Å². The lowest BCUT2D eigenvalue weighted by Gasteiger charge is -2.41. The summed E-state index contributed by atoms with van der Waals surface area (Å²) >= 11 is 0. The molecule has 0 aromatic carbocycles. The molecule has 2 rings (SSSR count). The van der Waals surface area contributed by atoms with Gasteiger partial charge >= 0.3 is 0 Å². The van der Waals surface area contributed by atoms with Gasteiger partial charge in [-0.15, -0.1) is 6.58 Å². The molecule has 2 aliphatic rings. The van der Waals surface area contributed by atoms with Crippen LogP contribution in [-0.4, -0.2) is 23.3 Å². The van der Waals surface area contributed by atoms with Crippen molar-refractivity contribution in [2.75, 3.05) is 6.61 Å². The minimum absolute atomic E-state index is 0.283. The Balaban J connectivity index is 2.08. The van der Waals surface area contributed by atoms with Gasteiger partial charge in [-0.1, -0.05) is 18.9 Å². The second-order valence-corrected chi connectivity index (χ2v) is 4.81. The summed E-state index contributed by atoms with van der Waals surface area (Å²) in [5, 5.41) is 12.8. The lowest BCUT2D eigenvalue weighted by molar-refractivity contribution is 0.176. The van der Waals surface area contributed by atoms with Gasteiger partial charge in [0, 0.05) is 11.6 Å². The Morgan fingerprint density at radius 2 is 2.21 bits per heavy atom. The largest absolute Gasteiger partial charge is 0.395 e. The van der Waals surface area contributed by atoms with E-state index in [0.29, 0.717) is 12.0 Å². The van der Waals surface area contributed by atoms with Crippen LogP contribution in [0.1, 0.15) is 38.5 Å². The van der Waals surface area contributed by atoms with E-state index >= 15 is 0 Å². The first-order valence-electron chi connectivity index (χ1n) is 5.82. The zero-order valence-electron chi connectivity index (χ0n) is 8.84. The summed E-state index contributed by atoms with van der Waals surface area (Å²) < 4.78 is 0. The van der Waals surface area contributed by atoms with E-state index in [9.17, 15) is 0 Å². The smallest absolute Gasteiger partial charge is 0.0584 e. The fourth-order valence-corrected chi connectivity index (χ4v) is 3.22. The summed E-state index contributed by atoms with van der Waals surface area (Å²) in [7, 11) is 0. The van der Waals surface area contributed by atoms with Crippen LogP contribution in [-0.2, 0) is 0 Å². The van der Waals surface area contributed by atoms with Gasteiger partial charge in [-0.2, -0.15) is 0 Å². The van der Waals surface area contributed by atoms with Crippen LogP contribution >= 0.6 is 0 Å². The second kappa shape index (κ2) is 4.03. The molecule has 1 aliphatic carbocycles. The Labute approximate surface area is 86.4 Å². The third kappa shape index (κ3) is 1.61. The Hall–Kier alpha value is -0.340. The molecule has 14 heavy (non-hydrogen) atoms. The van der Waals surface area contributed by atoms with Crippen molar-refractivity contribution in [2.45, 2.75) is 50.1 Å². The number of rotatable bonds is 2. The van der Waals surface area contributed by atoms with Gasteiger partial charge in [0.05, 0.1) is 6.61 Å². The third-order valence-corrected chi connectivity index (χ3v) is 4.03. The third-order valence-electron chi connectivity index (χ3n) is 4.03. The normalized spacial score (nSPS) is 42.9. The van der Waals surface area contributed by atoms with Gasteiger partial charge in [-0.25, -0.2) is 0 Å². The van der Waals surface area contributed by atoms with E-state index in [1.54, 1.807) is 0 Å². The van der Waals surface area contributed by atoms with E-state index in [0.717, 1.165) is 6.42 Å². The molecule has 1 aliphatic heterocycles. The van der Waals surface area contributed by atoms with Gasteiger partial charge in [0.25, 0.3) is 0 Å². The average Bonchev–Trinajstić information content (AvgIpc) is 2.63. The van der Waals surface area contributed by atoms with E-state index < -0.39 is 0 Å². The molecule has 2 heteroatoms. The zero-order chi connectivity index (χ0) is 10.0. The molecule has 3 atom stereocenters. The van der Waals surface area contributed by atoms with E-state index in [1.165, 1.54) is 32.1 Å². The van der Waals surface area contributed by atoms with Crippen molar-refractivity contribution in [3.8, 4) is 0 Å². The molecule has 0 bridgehead atoms. The van der Waals surface area contributed by atoms with Crippen LogP contribution in [0.3, 0.4) is 0 Å². The number of aliphatic hydroxyl groups is 1. The molecule has 1 saturated carbocycles. The molecule has 0 radical (unpaired) electrons. The van der Waals surface area contributed by atoms with Crippen LogP contribution in [0.25, 0.3) is 0 Å². The van der Waals surface area contributed by atoms with E-state index in [-0.39, 0.29) is 12.1 Å². The van der Waals surface area contributed by atoms with Crippen LogP contribution in [0.4, 0.5) is 0 Å². The maximum absolute atomic E-state index is 9.15. The van der Waals surface area contributed by atoms with Gasteiger partial charge in [0.2, 0.25) is 0 Å². The maximum atomic E-state index is 9.15. The minimum Gasteiger partial charge on any atom is -0.395 e.